The van der Waals surface area contributed by atoms with Crippen molar-refractivity contribution in [3.63, 3.8) is 0 Å². The number of rotatable bonds is 7. The van der Waals surface area contributed by atoms with E-state index in [9.17, 15) is 9.59 Å². The first-order valence-electron chi connectivity index (χ1n) is 12.7. The summed E-state index contributed by atoms with van der Waals surface area (Å²) in [6.07, 6.45) is 2.20. The second-order valence-electron chi connectivity index (χ2n) is 9.47. The van der Waals surface area contributed by atoms with Crippen molar-refractivity contribution in [1.29, 1.82) is 0 Å². The highest BCUT2D eigenvalue weighted by Gasteiger charge is 2.37. The molecule has 2 unspecified atom stereocenters. The average Bonchev–Trinajstić information content (AvgIpc) is 3.28. The van der Waals surface area contributed by atoms with Crippen molar-refractivity contribution in [3.05, 3.63) is 120 Å². The normalized spacial score (nSPS) is 17.9. The lowest BCUT2D eigenvalue weighted by Gasteiger charge is -2.34. The first-order valence-corrected chi connectivity index (χ1v) is 13.5. The summed E-state index contributed by atoms with van der Waals surface area (Å²) in [6, 6.07) is 22.4. The van der Waals surface area contributed by atoms with Crippen LogP contribution in [0, 0.1) is 0 Å². The first-order chi connectivity index (χ1) is 19.5. The molecule has 6 rings (SSSR count). The van der Waals surface area contributed by atoms with Crippen LogP contribution in [0.15, 0.2) is 88.2 Å². The summed E-state index contributed by atoms with van der Waals surface area (Å²) in [4.78, 5) is 30.6. The van der Waals surface area contributed by atoms with E-state index in [1.165, 1.54) is 11.3 Å². The summed E-state index contributed by atoms with van der Waals surface area (Å²) >= 11 is 1.32. The molecule has 0 saturated carbocycles. The molecule has 8 nitrogen and oxygen atoms in total. The highest BCUT2D eigenvalue weighted by Crippen LogP contribution is 2.47. The molecule has 0 spiro atoms. The monoisotopic (exact) mass is 554 g/mol. The Kier molecular flexibility index (Phi) is 6.83. The maximum atomic E-state index is 14.1. The SMILES string of the molecule is COc1ccccc1C1C2=C(N=c3s/c(=C\c4cccc(OCC(=O)O)c4)c(=O)n31)c1ccccc1C(OC)C2. The molecular weight excluding hydrogens is 528 g/mol. The molecule has 1 aromatic heterocycles. The summed E-state index contributed by atoms with van der Waals surface area (Å²) in [5, 5.41) is 8.94. The van der Waals surface area contributed by atoms with Crippen LogP contribution in [-0.4, -0.2) is 36.5 Å². The number of benzene rings is 3. The van der Waals surface area contributed by atoms with Crippen molar-refractivity contribution in [1.82, 2.24) is 4.57 Å². The number of thiazole rings is 1. The van der Waals surface area contributed by atoms with Gasteiger partial charge in [0.1, 0.15) is 11.5 Å². The summed E-state index contributed by atoms with van der Waals surface area (Å²) in [5.41, 5.74) is 5.35. The second-order valence-corrected chi connectivity index (χ2v) is 10.5. The molecule has 2 aliphatic rings. The predicted octanol–water partition coefficient (Wildman–Crippen LogP) is 3.94. The minimum absolute atomic E-state index is 0.169. The Bertz CT molecular complexity index is 1840. The average molecular weight is 555 g/mol. The Morgan fingerprint density at radius 3 is 2.62 bits per heavy atom. The highest BCUT2D eigenvalue weighted by atomic mass is 32.1. The Morgan fingerprint density at radius 2 is 1.85 bits per heavy atom. The number of carboxylic acid groups (broad SMARTS) is 1. The van der Waals surface area contributed by atoms with Crippen molar-refractivity contribution in [2.75, 3.05) is 20.8 Å². The van der Waals surface area contributed by atoms with Gasteiger partial charge in [-0.15, -0.1) is 0 Å². The molecule has 0 saturated heterocycles. The zero-order chi connectivity index (χ0) is 27.8. The standard InChI is InChI=1S/C31H26N2O6S/c1-37-24-13-6-5-12-22(24)29-23-16-25(38-2)20-10-3-4-11-21(20)28(23)32-31-33(29)30(36)26(40-31)15-18-8-7-9-19(14-18)39-17-27(34)35/h3-15,25,29H,16-17H2,1-2H3,(H,34,35)/b26-15-. The van der Waals surface area contributed by atoms with E-state index in [1.807, 2.05) is 42.5 Å². The van der Waals surface area contributed by atoms with E-state index >= 15 is 0 Å². The van der Waals surface area contributed by atoms with Crippen molar-refractivity contribution in [2.45, 2.75) is 18.6 Å². The maximum Gasteiger partial charge on any atom is 0.341 e. The Labute approximate surface area is 233 Å². The van der Waals surface area contributed by atoms with E-state index in [0.717, 1.165) is 33.5 Å². The number of hydrogen-bond acceptors (Lipinski definition) is 7. The van der Waals surface area contributed by atoms with Gasteiger partial charge in [0, 0.05) is 24.7 Å². The third-order valence-electron chi connectivity index (χ3n) is 7.14. The number of aromatic nitrogens is 1. The van der Waals surface area contributed by atoms with E-state index in [4.69, 9.17) is 24.3 Å². The summed E-state index contributed by atoms with van der Waals surface area (Å²) in [6.45, 7) is -0.444. The van der Waals surface area contributed by atoms with Crippen molar-refractivity contribution in [2.24, 2.45) is 4.99 Å². The van der Waals surface area contributed by atoms with Crippen LogP contribution in [0.5, 0.6) is 11.5 Å². The highest BCUT2D eigenvalue weighted by molar-refractivity contribution is 7.07. The third-order valence-corrected chi connectivity index (χ3v) is 8.12. The van der Waals surface area contributed by atoms with Crippen LogP contribution in [0.1, 0.15) is 40.8 Å². The van der Waals surface area contributed by atoms with Crippen molar-refractivity contribution < 1.29 is 24.1 Å². The Hall–Kier alpha value is -4.47. The molecule has 0 fully saturated rings. The van der Waals surface area contributed by atoms with Gasteiger partial charge >= 0.3 is 5.97 Å². The van der Waals surface area contributed by atoms with Gasteiger partial charge in [0.05, 0.1) is 29.5 Å². The van der Waals surface area contributed by atoms with E-state index < -0.39 is 18.6 Å². The van der Waals surface area contributed by atoms with E-state index in [1.54, 1.807) is 43.1 Å². The van der Waals surface area contributed by atoms with Crippen LogP contribution in [-0.2, 0) is 9.53 Å². The molecule has 40 heavy (non-hydrogen) atoms. The smallest absolute Gasteiger partial charge is 0.341 e. The quantitative estimate of drug-likeness (QED) is 0.372. The molecule has 0 radical (unpaired) electrons. The number of carbonyl (C=O) groups is 1. The summed E-state index contributed by atoms with van der Waals surface area (Å²) in [5.74, 6) is 0.0387. The molecule has 202 valence electrons. The van der Waals surface area contributed by atoms with Crippen molar-refractivity contribution in [3.8, 4) is 11.5 Å². The topological polar surface area (TPSA) is 99.4 Å². The van der Waals surface area contributed by atoms with Crippen LogP contribution in [0.3, 0.4) is 0 Å². The number of nitrogens with zero attached hydrogens (tertiary/aromatic N) is 2. The number of fused-ring (bicyclic) bond motifs is 3. The molecule has 2 heterocycles. The lowest BCUT2D eigenvalue weighted by molar-refractivity contribution is -0.139. The maximum absolute atomic E-state index is 14.1. The minimum atomic E-state index is -1.06. The number of hydrogen-bond donors (Lipinski definition) is 1. The van der Waals surface area contributed by atoms with Crippen LogP contribution < -0.4 is 24.4 Å². The number of ether oxygens (including phenoxy) is 3. The third kappa shape index (κ3) is 4.53. The Balaban J connectivity index is 1.56. The lowest BCUT2D eigenvalue weighted by atomic mass is 9.81. The first kappa shape index (κ1) is 25.8. The predicted molar refractivity (Wildman–Crippen MR) is 151 cm³/mol. The van der Waals surface area contributed by atoms with Crippen LogP contribution in [0.25, 0.3) is 11.8 Å². The summed E-state index contributed by atoms with van der Waals surface area (Å²) in [7, 11) is 3.33. The molecule has 2 atom stereocenters. The fourth-order valence-corrected chi connectivity index (χ4v) is 6.41. The number of para-hydroxylation sites is 1. The minimum Gasteiger partial charge on any atom is -0.496 e. The molecule has 4 aromatic rings. The fraction of sp³-hybridized carbons (Fsp3) is 0.194. The van der Waals surface area contributed by atoms with E-state index in [0.29, 0.717) is 27.3 Å². The number of methoxy groups -OCH3 is 2. The number of aliphatic carboxylic acids is 1. The van der Waals surface area contributed by atoms with Crippen molar-refractivity contribution >= 4 is 29.1 Å². The van der Waals surface area contributed by atoms with Gasteiger partial charge in [-0.25, -0.2) is 9.79 Å². The molecule has 0 amide bonds. The van der Waals surface area contributed by atoms with Gasteiger partial charge in [-0.2, -0.15) is 0 Å². The molecule has 1 N–H and O–H groups in total. The van der Waals surface area contributed by atoms with Gasteiger partial charge in [0.2, 0.25) is 0 Å². The zero-order valence-corrected chi connectivity index (χ0v) is 22.7. The van der Waals surface area contributed by atoms with Gasteiger partial charge in [0.15, 0.2) is 11.4 Å². The second kappa shape index (κ2) is 10.6. The fourth-order valence-electron chi connectivity index (χ4n) is 5.41. The van der Waals surface area contributed by atoms with Crippen LogP contribution >= 0.6 is 11.3 Å². The van der Waals surface area contributed by atoms with Gasteiger partial charge < -0.3 is 19.3 Å². The van der Waals surface area contributed by atoms with Gasteiger partial charge in [-0.05, 0) is 41.0 Å². The zero-order valence-electron chi connectivity index (χ0n) is 21.9. The largest absolute Gasteiger partial charge is 0.496 e. The van der Waals surface area contributed by atoms with Crippen LogP contribution in [0.2, 0.25) is 0 Å². The van der Waals surface area contributed by atoms with E-state index in [-0.39, 0.29) is 11.7 Å². The molecule has 3 aromatic carbocycles. The molecule has 0 bridgehead atoms. The Morgan fingerprint density at radius 1 is 1.07 bits per heavy atom. The van der Waals surface area contributed by atoms with Crippen LogP contribution in [0.4, 0.5) is 0 Å². The van der Waals surface area contributed by atoms with Gasteiger partial charge in [-0.3, -0.25) is 9.36 Å². The molecule has 1 aliphatic carbocycles. The lowest BCUT2D eigenvalue weighted by Crippen LogP contribution is -2.39. The van der Waals surface area contributed by atoms with Gasteiger partial charge in [-0.1, -0.05) is 65.9 Å². The molecular formula is C31H26N2O6S. The van der Waals surface area contributed by atoms with Gasteiger partial charge in [0.25, 0.3) is 5.56 Å². The summed E-state index contributed by atoms with van der Waals surface area (Å²) < 4.78 is 19.2. The number of carboxylic acids is 1. The van der Waals surface area contributed by atoms with E-state index in [2.05, 4.69) is 12.1 Å². The molecule has 1 aliphatic heterocycles. The molecule has 9 heteroatoms.